The molecule has 3 heteroatoms. The molecule has 0 atom stereocenters. The van der Waals surface area contributed by atoms with Crippen molar-refractivity contribution in [2.45, 2.75) is 40.7 Å². The van der Waals surface area contributed by atoms with E-state index in [9.17, 15) is 0 Å². The molecule has 0 bridgehead atoms. The van der Waals surface area contributed by atoms with E-state index in [2.05, 4.69) is 32.2 Å². The highest BCUT2D eigenvalue weighted by Gasteiger charge is 2.15. The summed E-state index contributed by atoms with van der Waals surface area (Å²) in [7, 11) is 0. The number of rotatable bonds is 7. The summed E-state index contributed by atoms with van der Waals surface area (Å²) in [5.74, 6) is 2.52. The highest BCUT2D eigenvalue weighted by atomic mass is 16.5. The number of hydrogen-bond acceptors (Lipinski definition) is 3. The fourth-order valence-electron chi connectivity index (χ4n) is 2.47. The molecular weight excluding hydrogens is 250 g/mol. The molecule has 1 aromatic carbocycles. The minimum Gasteiger partial charge on any atom is -0.490 e. The summed E-state index contributed by atoms with van der Waals surface area (Å²) in [4.78, 5) is 0. The smallest absolute Gasteiger partial charge is 0.176 e. The first-order valence-electron chi connectivity index (χ1n) is 7.54. The van der Waals surface area contributed by atoms with E-state index in [1.807, 2.05) is 19.1 Å². The largest absolute Gasteiger partial charge is 0.490 e. The van der Waals surface area contributed by atoms with Crippen molar-refractivity contribution in [3.63, 3.8) is 0 Å². The molecule has 0 saturated heterocycles. The van der Waals surface area contributed by atoms with Gasteiger partial charge in [0.1, 0.15) is 5.76 Å². The number of ether oxygens (including phenoxy) is 1. The van der Waals surface area contributed by atoms with Gasteiger partial charge in [-0.1, -0.05) is 32.9 Å². The van der Waals surface area contributed by atoms with Gasteiger partial charge in [-0.25, -0.2) is 0 Å². The summed E-state index contributed by atoms with van der Waals surface area (Å²) in [5.41, 5.74) is 2.17. The molecule has 20 heavy (non-hydrogen) atoms. The van der Waals surface area contributed by atoms with E-state index in [-0.39, 0.29) is 0 Å². The van der Waals surface area contributed by atoms with E-state index in [1.165, 1.54) is 10.9 Å². The van der Waals surface area contributed by atoms with Crippen LogP contribution in [0.15, 0.2) is 22.6 Å². The molecule has 0 spiro atoms. The van der Waals surface area contributed by atoms with E-state index in [4.69, 9.17) is 9.15 Å². The predicted molar refractivity (Wildman–Crippen MR) is 83.3 cm³/mol. The number of benzene rings is 1. The van der Waals surface area contributed by atoms with Crippen molar-refractivity contribution in [2.75, 3.05) is 13.2 Å². The first-order chi connectivity index (χ1) is 9.67. The van der Waals surface area contributed by atoms with Gasteiger partial charge in [-0.15, -0.1) is 0 Å². The number of aryl methyl sites for hydroxylation is 1. The maximum Gasteiger partial charge on any atom is 0.176 e. The fourth-order valence-corrected chi connectivity index (χ4v) is 2.47. The Morgan fingerprint density at radius 1 is 1.25 bits per heavy atom. The normalized spacial score (nSPS) is 11.4. The van der Waals surface area contributed by atoms with Gasteiger partial charge in [0.25, 0.3) is 0 Å². The van der Waals surface area contributed by atoms with Crippen LogP contribution in [0.25, 0.3) is 11.0 Å². The zero-order chi connectivity index (χ0) is 14.5. The van der Waals surface area contributed by atoms with Crippen molar-refractivity contribution in [1.29, 1.82) is 0 Å². The van der Waals surface area contributed by atoms with Gasteiger partial charge in [-0.3, -0.25) is 0 Å². The van der Waals surface area contributed by atoms with Crippen LogP contribution in [-0.2, 0) is 13.0 Å². The molecular formula is C17H25NO2. The molecule has 3 nitrogen and oxygen atoms in total. The van der Waals surface area contributed by atoms with Gasteiger partial charge in [-0.05, 0) is 31.9 Å². The SMILES string of the molecule is CCOc1cccc2c(CC)c(CNCC(C)C)oc12. The summed E-state index contributed by atoms with van der Waals surface area (Å²) in [6.45, 7) is 11.0. The quantitative estimate of drug-likeness (QED) is 0.824. The Balaban J connectivity index is 2.32. The Bertz CT molecular complexity index is 557. The van der Waals surface area contributed by atoms with Crippen LogP contribution in [0, 0.1) is 5.92 Å². The van der Waals surface area contributed by atoms with Crippen molar-refractivity contribution in [3.8, 4) is 5.75 Å². The van der Waals surface area contributed by atoms with Gasteiger partial charge in [0.2, 0.25) is 0 Å². The lowest BCUT2D eigenvalue weighted by Crippen LogP contribution is -2.19. The van der Waals surface area contributed by atoms with Crippen LogP contribution in [-0.4, -0.2) is 13.2 Å². The topological polar surface area (TPSA) is 34.4 Å². The Kier molecular flexibility index (Phi) is 5.07. The summed E-state index contributed by atoms with van der Waals surface area (Å²) in [5, 5.41) is 4.63. The lowest BCUT2D eigenvalue weighted by molar-refractivity contribution is 0.337. The van der Waals surface area contributed by atoms with E-state index in [0.29, 0.717) is 12.5 Å². The molecule has 2 aromatic rings. The second-order valence-electron chi connectivity index (χ2n) is 5.45. The second kappa shape index (κ2) is 6.80. The number of para-hydroxylation sites is 1. The molecule has 1 heterocycles. The van der Waals surface area contributed by atoms with Gasteiger partial charge in [0, 0.05) is 10.9 Å². The van der Waals surface area contributed by atoms with Crippen LogP contribution in [0.1, 0.15) is 39.0 Å². The second-order valence-corrected chi connectivity index (χ2v) is 5.45. The van der Waals surface area contributed by atoms with Crippen molar-refractivity contribution < 1.29 is 9.15 Å². The molecule has 0 radical (unpaired) electrons. The molecule has 0 aliphatic carbocycles. The number of furan rings is 1. The van der Waals surface area contributed by atoms with Crippen molar-refractivity contribution in [1.82, 2.24) is 5.32 Å². The zero-order valence-corrected chi connectivity index (χ0v) is 13.0. The summed E-state index contributed by atoms with van der Waals surface area (Å²) in [6, 6.07) is 6.12. The third-order valence-electron chi connectivity index (χ3n) is 3.36. The predicted octanol–water partition coefficient (Wildman–Crippen LogP) is 4.14. The monoisotopic (exact) mass is 275 g/mol. The van der Waals surface area contributed by atoms with Crippen molar-refractivity contribution in [2.24, 2.45) is 5.92 Å². The van der Waals surface area contributed by atoms with Crippen LogP contribution in [0.2, 0.25) is 0 Å². The summed E-state index contributed by atoms with van der Waals surface area (Å²) in [6.07, 6.45) is 0.973. The number of hydrogen-bond donors (Lipinski definition) is 1. The molecule has 0 unspecified atom stereocenters. The number of nitrogens with one attached hydrogen (secondary N) is 1. The molecule has 1 aromatic heterocycles. The van der Waals surface area contributed by atoms with Gasteiger partial charge in [0.05, 0.1) is 13.2 Å². The Morgan fingerprint density at radius 3 is 2.70 bits per heavy atom. The average molecular weight is 275 g/mol. The first-order valence-corrected chi connectivity index (χ1v) is 7.54. The van der Waals surface area contributed by atoms with E-state index < -0.39 is 0 Å². The number of fused-ring (bicyclic) bond motifs is 1. The Morgan fingerprint density at radius 2 is 2.05 bits per heavy atom. The zero-order valence-electron chi connectivity index (χ0n) is 13.0. The fraction of sp³-hybridized carbons (Fsp3) is 0.529. The van der Waals surface area contributed by atoms with Gasteiger partial charge in [-0.2, -0.15) is 0 Å². The molecule has 0 saturated carbocycles. The van der Waals surface area contributed by atoms with E-state index >= 15 is 0 Å². The molecule has 0 aliphatic heterocycles. The molecule has 0 aliphatic rings. The molecule has 110 valence electrons. The van der Waals surface area contributed by atoms with Crippen LogP contribution in [0.5, 0.6) is 5.75 Å². The summed E-state index contributed by atoms with van der Waals surface area (Å²) < 4.78 is 11.7. The maximum absolute atomic E-state index is 6.07. The minimum absolute atomic E-state index is 0.642. The van der Waals surface area contributed by atoms with E-state index in [1.54, 1.807) is 0 Å². The maximum atomic E-state index is 6.07. The summed E-state index contributed by atoms with van der Waals surface area (Å²) >= 11 is 0. The van der Waals surface area contributed by atoms with Crippen LogP contribution in [0.4, 0.5) is 0 Å². The molecule has 2 rings (SSSR count). The highest BCUT2D eigenvalue weighted by Crippen LogP contribution is 2.33. The van der Waals surface area contributed by atoms with Crippen LogP contribution < -0.4 is 10.1 Å². The van der Waals surface area contributed by atoms with Gasteiger partial charge < -0.3 is 14.5 Å². The standard InChI is InChI=1S/C17H25NO2/c1-5-13-14-8-7-9-15(19-6-2)17(14)20-16(13)11-18-10-12(3)4/h7-9,12,18H,5-6,10-11H2,1-4H3. The Hall–Kier alpha value is -1.48. The van der Waals surface area contributed by atoms with Gasteiger partial charge >= 0.3 is 0 Å². The third-order valence-corrected chi connectivity index (χ3v) is 3.36. The molecule has 0 amide bonds. The van der Waals surface area contributed by atoms with E-state index in [0.717, 1.165) is 36.6 Å². The van der Waals surface area contributed by atoms with Gasteiger partial charge in [0.15, 0.2) is 11.3 Å². The lowest BCUT2D eigenvalue weighted by Gasteiger charge is -2.06. The first kappa shape index (κ1) is 14.9. The molecule has 0 fully saturated rings. The average Bonchev–Trinajstić information content (AvgIpc) is 2.77. The van der Waals surface area contributed by atoms with Crippen molar-refractivity contribution in [3.05, 3.63) is 29.5 Å². The third kappa shape index (κ3) is 3.15. The van der Waals surface area contributed by atoms with Crippen molar-refractivity contribution >= 4 is 11.0 Å². The minimum atomic E-state index is 0.642. The lowest BCUT2D eigenvalue weighted by atomic mass is 10.1. The van der Waals surface area contributed by atoms with Crippen LogP contribution in [0.3, 0.4) is 0 Å². The highest BCUT2D eigenvalue weighted by molar-refractivity contribution is 5.87. The molecule has 1 N–H and O–H groups in total. The Labute approximate surface area is 121 Å². The van der Waals surface area contributed by atoms with Crippen LogP contribution >= 0.6 is 0 Å².